The number of carbonyl (C=O) groups is 3. The molecule has 8 heteroatoms. The molecule has 0 spiro atoms. The maximum atomic E-state index is 12.7. The number of aliphatic carboxylic acids is 1. The van der Waals surface area contributed by atoms with Gasteiger partial charge in [0.2, 0.25) is 5.91 Å². The summed E-state index contributed by atoms with van der Waals surface area (Å²) in [5.74, 6) is -1.60. The molecule has 174 valence electrons. The molecule has 2 atom stereocenters. The highest BCUT2D eigenvalue weighted by Gasteiger charge is 2.33. The number of fused-ring (bicyclic) bond motifs is 3. The Kier molecular flexibility index (Phi) is 6.93. The summed E-state index contributed by atoms with van der Waals surface area (Å²) in [6.45, 7) is -0.246. The zero-order valence-corrected chi connectivity index (χ0v) is 18.2. The van der Waals surface area contributed by atoms with Gasteiger partial charge in [-0.3, -0.25) is 4.79 Å². The zero-order valence-electron chi connectivity index (χ0n) is 18.2. The topological polar surface area (TPSA) is 125 Å². The van der Waals surface area contributed by atoms with Gasteiger partial charge in [-0.1, -0.05) is 61.4 Å². The molecular formula is C25H28N2O6. The molecule has 0 bridgehead atoms. The number of rotatable bonds is 10. The second-order valence-electron chi connectivity index (χ2n) is 8.61. The largest absolute Gasteiger partial charge is 0.480 e. The van der Waals surface area contributed by atoms with Crippen LogP contribution >= 0.6 is 0 Å². The minimum Gasteiger partial charge on any atom is -0.480 e. The van der Waals surface area contributed by atoms with Gasteiger partial charge in [-0.25, -0.2) is 9.59 Å². The predicted octanol–water partition coefficient (Wildman–Crippen LogP) is 2.65. The van der Waals surface area contributed by atoms with E-state index in [1.165, 1.54) is 0 Å². The molecule has 1 fully saturated rings. The van der Waals surface area contributed by atoms with Crippen LogP contribution in [0.4, 0.5) is 4.79 Å². The lowest BCUT2D eigenvalue weighted by atomic mass is 9.98. The Morgan fingerprint density at radius 3 is 2.09 bits per heavy atom. The van der Waals surface area contributed by atoms with E-state index in [2.05, 4.69) is 22.8 Å². The van der Waals surface area contributed by atoms with Crippen LogP contribution in [0, 0.1) is 5.92 Å². The first-order chi connectivity index (χ1) is 16.0. The molecule has 2 aromatic rings. The third kappa shape index (κ3) is 5.34. The first kappa shape index (κ1) is 22.8. The lowest BCUT2D eigenvalue weighted by Crippen LogP contribution is -2.52. The van der Waals surface area contributed by atoms with Crippen LogP contribution in [0.25, 0.3) is 11.1 Å². The van der Waals surface area contributed by atoms with E-state index in [9.17, 15) is 19.5 Å². The summed E-state index contributed by atoms with van der Waals surface area (Å²) in [6.07, 6.45) is 1.53. The van der Waals surface area contributed by atoms with Crippen molar-refractivity contribution in [2.45, 2.75) is 43.7 Å². The standard InChI is InChI=1S/C25H28N2O6/c28-12-11-21(24(30)31)26-23(29)22(13-15-9-10-15)27-25(32)33-14-20-18-7-3-1-5-16(18)17-6-2-4-8-19(17)20/h1-8,15,20-22,28H,9-14H2,(H,26,29)(H,27,32)(H,30,31)/t21-,22?/m0/s1. The monoisotopic (exact) mass is 452 g/mol. The molecular weight excluding hydrogens is 424 g/mol. The highest BCUT2D eigenvalue weighted by Crippen LogP contribution is 2.44. The Balaban J connectivity index is 1.40. The Labute approximate surface area is 192 Å². The first-order valence-corrected chi connectivity index (χ1v) is 11.2. The van der Waals surface area contributed by atoms with E-state index in [-0.39, 0.29) is 25.6 Å². The van der Waals surface area contributed by atoms with Crippen molar-refractivity contribution in [1.29, 1.82) is 0 Å². The summed E-state index contributed by atoms with van der Waals surface area (Å²) in [5.41, 5.74) is 4.42. The van der Waals surface area contributed by atoms with Crippen LogP contribution in [0.2, 0.25) is 0 Å². The van der Waals surface area contributed by atoms with Crippen LogP contribution in [0.1, 0.15) is 42.7 Å². The second kappa shape index (κ2) is 10.0. The lowest BCUT2D eigenvalue weighted by molar-refractivity contribution is -0.142. The summed E-state index contributed by atoms with van der Waals surface area (Å²) in [4.78, 5) is 36.6. The van der Waals surface area contributed by atoms with Crippen LogP contribution in [0.15, 0.2) is 48.5 Å². The molecule has 0 radical (unpaired) electrons. The molecule has 4 N–H and O–H groups in total. The van der Waals surface area contributed by atoms with Crippen LogP contribution in [-0.4, -0.2) is 53.5 Å². The van der Waals surface area contributed by atoms with Crippen molar-refractivity contribution in [3.63, 3.8) is 0 Å². The molecule has 2 aliphatic rings. The number of hydrogen-bond acceptors (Lipinski definition) is 5. The molecule has 2 amide bonds. The average Bonchev–Trinajstić information content (AvgIpc) is 3.57. The summed E-state index contributed by atoms with van der Waals surface area (Å²) in [5, 5.41) is 23.3. The van der Waals surface area contributed by atoms with E-state index in [4.69, 9.17) is 9.84 Å². The third-order valence-corrected chi connectivity index (χ3v) is 6.25. The Morgan fingerprint density at radius 2 is 1.55 bits per heavy atom. The lowest BCUT2D eigenvalue weighted by Gasteiger charge is -2.21. The number of benzene rings is 2. The van der Waals surface area contributed by atoms with Crippen molar-refractivity contribution in [3.8, 4) is 11.1 Å². The number of carboxylic acid groups (broad SMARTS) is 1. The van der Waals surface area contributed by atoms with E-state index in [0.29, 0.717) is 12.3 Å². The summed E-state index contributed by atoms with van der Waals surface area (Å²) in [6, 6.07) is 13.9. The van der Waals surface area contributed by atoms with Gasteiger partial charge in [-0.2, -0.15) is 0 Å². The van der Waals surface area contributed by atoms with Crippen molar-refractivity contribution in [2.24, 2.45) is 5.92 Å². The summed E-state index contributed by atoms with van der Waals surface area (Å²) in [7, 11) is 0. The smallest absolute Gasteiger partial charge is 0.407 e. The minimum atomic E-state index is -1.23. The first-order valence-electron chi connectivity index (χ1n) is 11.2. The van der Waals surface area contributed by atoms with Gasteiger partial charge in [0.25, 0.3) is 0 Å². The highest BCUT2D eigenvalue weighted by atomic mass is 16.5. The molecule has 0 aliphatic heterocycles. The average molecular weight is 453 g/mol. The maximum Gasteiger partial charge on any atom is 0.407 e. The van der Waals surface area contributed by atoms with Crippen LogP contribution in [-0.2, 0) is 14.3 Å². The van der Waals surface area contributed by atoms with E-state index < -0.39 is 30.1 Å². The Hall–Kier alpha value is -3.39. The van der Waals surface area contributed by atoms with Gasteiger partial charge in [0.1, 0.15) is 18.7 Å². The number of amides is 2. The SMILES string of the molecule is O=C(NC(CC1CC1)C(=O)N[C@@H](CCO)C(=O)O)OCC1c2ccccc2-c2ccccc21. The van der Waals surface area contributed by atoms with Gasteiger partial charge in [-0.05, 0) is 34.6 Å². The fraction of sp³-hybridized carbons (Fsp3) is 0.400. The van der Waals surface area contributed by atoms with Gasteiger partial charge in [0, 0.05) is 18.9 Å². The molecule has 1 saturated carbocycles. The molecule has 4 rings (SSSR count). The Morgan fingerprint density at radius 1 is 0.939 bits per heavy atom. The van der Waals surface area contributed by atoms with Crippen molar-refractivity contribution in [3.05, 3.63) is 59.7 Å². The number of aliphatic hydroxyl groups excluding tert-OH is 1. The van der Waals surface area contributed by atoms with Gasteiger partial charge in [-0.15, -0.1) is 0 Å². The fourth-order valence-corrected chi connectivity index (χ4v) is 4.36. The molecule has 8 nitrogen and oxygen atoms in total. The van der Waals surface area contributed by atoms with Gasteiger partial charge in [0.05, 0.1) is 0 Å². The van der Waals surface area contributed by atoms with E-state index in [1.54, 1.807) is 0 Å². The second-order valence-corrected chi connectivity index (χ2v) is 8.61. The number of aliphatic hydroxyl groups is 1. The van der Waals surface area contributed by atoms with Crippen molar-refractivity contribution in [2.75, 3.05) is 13.2 Å². The molecule has 0 aromatic heterocycles. The van der Waals surface area contributed by atoms with Crippen LogP contribution < -0.4 is 10.6 Å². The number of carboxylic acids is 1. The molecule has 2 aliphatic carbocycles. The molecule has 33 heavy (non-hydrogen) atoms. The number of nitrogens with one attached hydrogen (secondary N) is 2. The molecule has 0 saturated heterocycles. The van der Waals surface area contributed by atoms with E-state index in [1.807, 2.05) is 36.4 Å². The number of alkyl carbamates (subject to hydrolysis) is 1. The minimum absolute atomic E-state index is 0.0974. The molecule has 1 unspecified atom stereocenters. The van der Waals surface area contributed by atoms with E-state index >= 15 is 0 Å². The number of ether oxygens (including phenoxy) is 1. The molecule has 2 aromatic carbocycles. The van der Waals surface area contributed by atoms with Gasteiger partial charge >= 0.3 is 12.1 Å². The van der Waals surface area contributed by atoms with Crippen LogP contribution in [0.5, 0.6) is 0 Å². The van der Waals surface area contributed by atoms with Crippen LogP contribution in [0.3, 0.4) is 0 Å². The Bertz CT molecular complexity index is 990. The van der Waals surface area contributed by atoms with Crippen molar-refractivity contribution in [1.82, 2.24) is 10.6 Å². The highest BCUT2D eigenvalue weighted by molar-refractivity contribution is 5.89. The van der Waals surface area contributed by atoms with Crippen molar-refractivity contribution < 1.29 is 29.3 Å². The van der Waals surface area contributed by atoms with Crippen molar-refractivity contribution >= 4 is 18.0 Å². The third-order valence-electron chi connectivity index (χ3n) is 6.25. The molecule has 0 heterocycles. The summed E-state index contributed by atoms with van der Waals surface area (Å²) >= 11 is 0. The maximum absolute atomic E-state index is 12.7. The summed E-state index contributed by atoms with van der Waals surface area (Å²) < 4.78 is 5.54. The number of hydrogen-bond donors (Lipinski definition) is 4. The predicted molar refractivity (Wildman–Crippen MR) is 121 cm³/mol. The quantitative estimate of drug-likeness (QED) is 0.439. The fourth-order valence-electron chi connectivity index (χ4n) is 4.36. The van der Waals surface area contributed by atoms with E-state index in [0.717, 1.165) is 35.1 Å². The normalized spacial score (nSPS) is 16.3. The van der Waals surface area contributed by atoms with Gasteiger partial charge < -0.3 is 25.6 Å². The number of carbonyl (C=O) groups excluding carboxylic acids is 2. The van der Waals surface area contributed by atoms with Gasteiger partial charge in [0.15, 0.2) is 0 Å². The zero-order chi connectivity index (χ0) is 23.4.